The number of imidazole rings is 1. The molecule has 0 atom stereocenters. The van der Waals surface area contributed by atoms with Crippen LogP contribution in [0.25, 0.3) is 28.2 Å². The maximum Gasteiger partial charge on any atom is 0.180 e. The molecule has 4 heterocycles. The maximum atomic E-state index is 5.72. The van der Waals surface area contributed by atoms with Crippen molar-refractivity contribution in [3.05, 3.63) is 76.9 Å². The van der Waals surface area contributed by atoms with E-state index in [4.69, 9.17) is 10.1 Å². The monoisotopic (exact) mass is 505 g/mol. The third-order valence-corrected chi connectivity index (χ3v) is 6.43. The summed E-state index contributed by atoms with van der Waals surface area (Å²) < 4.78 is 3.01. The fraction of sp³-hybridized carbons (Fsp3) is 0.0870. The quantitative estimate of drug-likeness (QED) is 0.257. The predicted octanol–water partition coefficient (Wildman–Crippen LogP) is 5.90. The summed E-state index contributed by atoms with van der Waals surface area (Å²) in [6.45, 7) is 4.16. The maximum absolute atomic E-state index is 5.72. The molecule has 0 spiro atoms. The smallest absolute Gasteiger partial charge is 0.180 e. The van der Waals surface area contributed by atoms with E-state index in [1.165, 1.54) is 11.9 Å². The fourth-order valence-electron chi connectivity index (χ4n) is 3.86. The van der Waals surface area contributed by atoms with Crippen LogP contribution in [0, 0.1) is 13.8 Å². The molecule has 0 unspecified atom stereocenters. The van der Waals surface area contributed by atoms with Gasteiger partial charge in [-0.2, -0.15) is 0 Å². The number of benzene rings is 1. The minimum atomic E-state index is 0.640. The number of halogens is 1. The van der Waals surface area contributed by atoms with Crippen molar-refractivity contribution in [2.24, 2.45) is 5.14 Å². The number of nitrogens with one attached hydrogen (secondary N) is 2. The number of hydrogen-bond donors (Lipinski definition) is 3. The Hall–Kier alpha value is -3.14. The lowest BCUT2D eigenvalue weighted by Gasteiger charge is -2.10. The lowest BCUT2D eigenvalue weighted by Crippen LogP contribution is -1.99. The standard InChI is InChI=1S/C23H20BrN7S/c1-13-9-18(14(2)31(13)16-6-4-8-26-11-16)22-29-21-20(19(24)12-27-23(21)30-22)28-15-5-3-7-17(10-15)32-25/h3-12H,25H2,1-2H3,(H2,27,28,29,30). The SMILES string of the molecule is Cc1cc(-c2nc3ncc(Br)c(Nc4cccc(SN)c4)c3[nH]2)c(C)n1-c1cccnc1. The highest BCUT2D eigenvalue weighted by Gasteiger charge is 2.18. The fourth-order valence-corrected chi connectivity index (χ4v) is 4.61. The summed E-state index contributed by atoms with van der Waals surface area (Å²) in [6.07, 6.45) is 5.39. The van der Waals surface area contributed by atoms with Crippen molar-refractivity contribution in [1.29, 1.82) is 0 Å². The second-order valence-electron chi connectivity index (χ2n) is 7.37. The highest BCUT2D eigenvalue weighted by Crippen LogP contribution is 2.35. The Labute approximate surface area is 197 Å². The first kappa shape index (κ1) is 20.7. The third-order valence-electron chi connectivity index (χ3n) is 5.30. The van der Waals surface area contributed by atoms with Crippen molar-refractivity contribution >= 4 is 50.4 Å². The molecule has 5 rings (SSSR count). The minimum absolute atomic E-state index is 0.640. The Bertz CT molecular complexity index is 1430. The van der Waals surface area contributed by atoms with Gasteiger partial charge in [0.15, 0.2) is 5.65 Å². The van der Waals surface area contributed by atoms with Gasteiger partial charge < -0.3 is 14.9 Å². The minimum Gasteiger partial charge on any atom is -0.353 e. The number of aromatic amines is 1. The largest absolute Gasteiger partial charge is 0.353 e. The average molecular weight is 506 g/mol. The summed E-state index contributed by atoms with van der Waals surface area (Å²) in [6, 6.07) is 14.1. The summed E-state index contributed by atoms with van der Waals surface area (Å²) >= 11 is 4.84. The summed E-state index contributed by atoms with van der Waals surface area (Å²) in [4.78, 5) is 18.0. The highest BCUT2D eigenvalue weighted by atomic mass is 79.9. The van der Waals surface area contributed by atoms with E-state index in [1.54, 1.807) is 12.4 Å². The van der Waals surface area contributed by atoms with Crippen LogP contribution in [0.1, 0.15) is 11.4 Å². The Morgan fingerprint density at radius 1 is 1.12 bits per heavy atom. The lowest BCUT2D eigenvalue weighted by molar-refractivity contribution is 0.955. The van der Waals surface area contributed by atoms with E-state index in [0.29, 0.717) is 5.65 Å². The van der Waals surface area contributed by atoms with Gasteiger partial charge in [-0.1, -0.05) is 6.07 Å². The summed E-state index contributed by atoms with van der Waals surface area (Å²) in [5.74, 6) is 0.767. The van der Waals surface area contributed by atoms with E-state index in [1.807, 2.05) is 42.6 Å². The number of aromatic nitrogens is 5. The van der Waals surface area contributed by atoms with Gasteiger partial charge in [0.2, 0.25) is 0 Å². The Kier molecular flexibility index (Phi) is 5.46. The molecule has 0 saturated heterocycles. The van der Waals surface area contributed by atoms with Gasteiger partial charge in [0.1, 0.15) is 11.3 Å². The first-order chi connectivity index (χ1) is 15.5. The van der Waals surface area contributed by atoms with E-state index in [2.05, 4.69) is 60.7 Å². The van der Waals surface area contributed by atoms with Gasteiger partial charge in [-0.3, -0.25) is 10.1 Å². The number of anilines is 2. The van der Waals surface area contributed by atoms with Gasteiger partial charge in [0.25, 0.3) is 0 Å². The van der Waals surface area contributed by atoms with Crippen LogP contribution in [0.4, 0.5) is 11.4 Å². The van der Waals surface area contributed by atoms with Crippen molar-refractivity contribution in [1.82, 2.24) is 24.5 Å². The van der Waals surface area contributed by atoms with Crippen LogP contribution in [-0.4, -0.2) is 24.5 Å². The van der Waals surface area contributed by atoms with E-state index >= 15 is 0 Å². The molecule has 5 aromatic rings. The zero-order valence-electron chi connectivity index (χ0n) is 17.4. The first-order valence-electron chi connectivity index (χ1n) is 9.93. The second kappa shape index (κ2) is 8.42. The number of fused-ring (bicyclic) bond motifs is 1. The molecular formula is C23H20BrN7S. The van der Waals surface area contributed by atoms with E-state index in [9.17, 15) is 0 Å². The summed E-state index contributed by atoms with van der Waals surface area (Å²) in [5, 5.41) is 9.19. The molecule has 0 aliphatic heterocycles. The van der Waals surface area contributed by atoms with Crippen molar-refractivity contribution in [2.75, 3.05) is 5.32 Å². The molecule has 160 valence electrons. The van der Waals surface area contributed by atoms with Crippen molar-refractivity contribution < 1.29 is 0 Å². The van der Waals surface area contributed by atoms with Gasteiger partial charge in [0, 0.05) is 39.9 Å². The topological polar surface area (TPSA) is 97.4 Å². The Balaban J connectivity index is 1.60. The molecule has 7 nitrogen and oxygen atoms in total. The van der Waals surface area contributed by atoms with Gasteiger partial charge in [-0.25, -0.2) is 9.97 Å². The molecule has 0 aliphatic carbocycles. The molecular weight excluding hydrogens is 486 g/mol. The van der Waals surface area contributed by atoms with Crippen LogP contribution in [0.3, 0.4) is 0 Å². The van der Waals surface area contributed by atoms with Gasteiger partial charge >= 0.3 is 0 Å². The van der Waals surface area contributed by atoms with Crippen molar-refractivity contribution in [3.63, 3.8) is 0 Å². The van der Waals surface area contributed by atoms with Gasteiger partial charge in [0.05, 0.1) is 22.0 Å². The van der Waals surface area contributed by atoms with E-state index < -0.39 is 0 Å². The lowest BCUT2D eigenvalue weighted by atomic mass is 10.2. The van der Waals surface area contributed by atoms with Crippen LogP contribution in [0.5, 0.6) is 0 Å². The van der Waals surface area contributed by atoms with Crippen LogP contribution in [0.2, 0.25) is 0 Å². The van der Waals surface area contributed by atoms with Crippen LogP contribution in [0.15, 0.2) is 70.4 Å². The Morgan fingerprint density at radius 3 is 2.78 bits per heavy atom. The number of nitrogens with two attached hydrogens (primary N) is 1. The molecule has 1 aromatic carbocycles. The predicted molar refractivity (Wildman–Crippen MR) is 133 cm³/mol. The second-order valence-corrected chi connectivity index (χ2v) is 8.93. The molecule has 9 heteroatoms. The zero-order valence-corrected chi connectivity index (χ0v) is 19.8. The zero-order chi connectivity index (χ0) is 22.2. The number of aryl methyl sites for hydroxylation is 1. The molecule has 0 aliphatic rings. The molecule has 0 amide bonds. The summed E-state index contributed by atoms with van der Waals surface area (Å²) in [7, 11) is 0. The average Bonchev–Trinajstić information content (AvgIpc) is 3.37. The molecule has 4 aromatic heterocycles. The highest BCUT2D eigenvalue weighted by molar-refractivity contribution is 9.10. The van der Waals surface area contributed by atoms with Gasteiger partial charge in [-0.05, 0) is 78.1 Å². The summed E-state index contributed by atoms with van der Waals surface area (Å²) in [5.41, 5.74) is 7.49. The molecule has 0 radical (unpaired) electrons. The van der Waals surface area contributed by atoms with E-state index in [0.717, 1.165) is 54.7 Å². The van der Waals surface area contributed by atoms with E-state index in [-0.39, 0.29) is 0 Å². The molecule has 0 fully saturated rings. The number of H-pyrrole nitrogens is 1. The molecule has 0 saturated carbocycles. The van der Waals surface area contributed by atoms with Crippen molar-refractivity contribution in [3.8, 4) is 17.1 Å². The van der Waals surface area contributed by atoms with Crippen molar-refractivity contribution in [2.45, 2.75) is 18.7 Å². The van der Waals surface area contributed by atoms with Gasteiger partial charge in [-0.15, -0.1) is 0 Å². The molecule has 32 heavy (non-hydrogen) atoms. The van der Waals surface area contributed by atoms with Crippen LogP contribution < -0.4 is 10.5 Å². The third kappa shape index (κ3) is 3.68. The first-order valence-corrected chi connectivity index (χ1v) is 11.6. The molecule has 0 bridgehead atoms. The number of pyridine rings is 2. The Morgan fingerprint density at radius 2 is 2.00 bits per heavy atom. The number of hydrogen-bond acceptors (Lipinski definition) is 6. The number of nitrogens with zero attached hydrogens (tertiary/aromatic N) is 4. The number of rotatable bonds is 5. The normalized spacial score (nSPS) is 11.2. The van der Waals surface area contributed by atoms with Crippen LogP contribution >= 0.6 is 27.9 Å². The van der Waals surface area contributed by atoms with Crippen LogP contribution in [-0.2, 0) is 0 Å². The molecule has 4 N–H and O–H groups in total.